The molecule has 1 N–H and O–H groups in total. The Morgan fingerprint density at radius 3 is 3.11 bits per heavy atom. The first-order chi connectivity index (χ1) is 9.07. The Hall–Kier alpha value is -0.590. The van der Waals surface area contributed by atoms with Crippen LogP contribution in [0.25, 0.3) is 0 Å². The van der Waals surface area contributed by atoms with Crippen LogP contribution in [0.15, 0.2) is 0 Å². The molecule has 0 spiro atoms. The van der Waals surface area contributed by atoms with Crippen LogP contribution in [-0.4, -0.2) is 39.9 Å². The molecule has 1 saturated heterocycles. The van der Waals surface area contributed by atoms with E-state index in [1.165, 1.54) is 10.6 Å². The summed E-state index contributed by atoms with van der Waals surface area (Å²) in [6.07, 6.45) is 3.09. The van der Waals surface area contributed by atoms with Crippen molar-refractivity contribution in [1.82, 2.24) is 9.88 Å². The number of hydrogen-bond donors (Lipinski definition) is 1. The van der Waals surface area contributed by atoms with Gasteiger partial charge in [-0.2, -0.15) is 0 Å². The van der Waals surface area contributed by atoms with Gasteiger partial charge in [0.25, 0.3) is 0 Å². The van der Waals surface area contributed by atoms with Crippen molar-refractivity contribution in [3.8, 4) is 0 Å². The van der Waals surface area contributed by atoms with Crippen LogP contribution in [0.1, 0.15) is 30.3 Å². The van der Waals surface area contributed by atoms with Gasteiger partial charge >= 0.3 is 0 Å². The minimum atomic E-state index is -0.261. The van der Waals surface area contributed by atoms with Gasteiger partial charge < -0.3 is 10.2 Å². The van der Waals surface area contributed by atoms with Crippen molar-refractivity contribution in [2.24, 2.45) is 0 Å². The predicted octanol–water partition coefficient (Wildman–Crippen LogP) is 2.36. The molecule has 2 aliphatic heterocycles. The van der Waals surface area contributed by atoms with Crippen LogP contribution in [0.2, 0.25) is 0 Å². The lowest BCUT2D eigenvalue weighted by Gasteiger charge is -2.20. The minimum Gasteiger partial charge on any atom is -0.301 e. The van der Waals surface area contributed by atoms with Crippen LogP contribution in [0.4, 0.5) is 5.13 Å². The van der Waals surface area contributed by atoms with E-state index in [-0.39, 0.29) is 10.7 Å². The van der Waals surface area contributed by atoms with E-state index >= 15 is 0 Å². The molecule has 6 heteroatoms. The summed E-state index contributed by atoms with van der Waals surface area (Å²) in [4.78, 5) is 20.5. The molecule has 1 aromatic heterocycles. The highest BCUT2D eigenvalue weighted by atomic mass is 32.2. The molecule has 0 saturated carbocycles. The summed E-state index contributed by atoms with van der Waals surface area (Å²) in [6, 6.07) is 0. The highest BCUT2D eigenvalue weighted by Gasteiger charge is 2.37. The van der Waals surface area contributed by atoms with E-state index in [1.54, 1.807) is 23.1 Å². The van der Waals surface area contributed by atoms with E-state index < -0.39 is 0 Å². The van der Waals surface area contributed by atoms with Gasteiger partial charge in [0.2, 0.25) is 5.91 Å². The van der Waals surface area contributed by atoms with E-state index in [2.05, 4.69) is 22.2 Å². The minimum absolute atomic E-state index is 0.120. The van der Waals surface area contributed by atoms with Gasteiger partial charge in [0.05, 0.1) is 10.4 Å². The number of likely N-dealkylation sites (N-methyl/N-ethyl adjacent to an activating group) is 1. The molecule has 1 amide bonds. The zero-order valence-electron chi connectivity index (χ0n) is 11.4. The van der Waals surface area contributed by atoms with Crippen molar-refractivity contribution in [1.29, 1.82) is 0 Å². The van der Waals surface area contributed by atoms with Gasteiger partial charge in [-0.15, -0.1) is 23.1 Å². The predicted molar refractivity (Wildman–Crippen MR) is 80.9 cm³/mol. The average Bonchev–Trinajstić information content (AvgIpc) is 2.95. The Morgan fingerprint density at radius 1 is 1.53 bits per heavy atom. The van der Waals surface area contributed by atoms with E-state index in [0.29, 0.717) is 0 Å². The maximum Gasteiger partial charge on any atom is 0.242 e. The first-order valence-corrected chi connectivity index (χ1v) is 8.49. The number of carbonyl (C=O) groups excluding carboxylic acids is 1. The van der Waals surface area contributed by atoms with Gasteiger partial charge in [-0.1, -0.05) is 0 Å². The van der Waals surface area contributed by atoms with Crippen molar-refractivity contribution < 1.29 is 4.79 Å². The van der Waals surface area contributed by atoms with Gasteiger partial charge in [-0.25, -0.2) is 4.98 Å². The number of thiazole rings is 1. The molecular formula is C13H19N3OS2. The van der Waals surface area contributed by atoms with Crippen LogP contribution in [0.5, 0.6) is 0 Å². The largest absolute Gasteiger partial charge is 0.301 e. The molecule has 1 fully saturated rings. The fourth-order valence-corrected chi connectivity index (χ4v) is 4.86. The Morgan fingerprint density at radius 2 is 2.37 bits per heavy atom. The van der Waals surface area contributed by atoms with E-state index in [0.717, 1.165) is 43.2 Å². The summed E-state index contributed by atoms with van der Waals surface area (Å²) >= 11 is 3.39. The smallest absolute Gasteiger partial charge is 0.242 e. The molecule has 19 heavy (non-hydrogen) atoms. The number of anilines is 1. The molecule has 0 radical (unpaired) electrons. The third-order valence-corrected chi connectivity index (χ3v) is 6.36. The average molecular weight is 297 g/mol. The maximum absolute atomic E-state index is 12.3. The van der Waals surface area contributed by atoms with Crippen molar-refractivity contribution in [2.45, 2.75) is 37.5 Å². The topological polar surface area (TPSA) is 45.2 Å². The van der Waals surface area contributed by atoms with Gasteiger partial charge in [0.15, 0.2) is 5.13 Å². The molecule has 0 bridgehead atoms. The first-order valence-electron chi connectivity index (χ1n) is 6.69. The monoisotopic (exact) mass is 297 g/mol. The Kier molecular flexibility index (Phi) is 3.57. The SMILES string of the molecule is CN1CCc2nc(NC(=O)[C@@]3(C)CCCS3)sc2C1. The second-order valence-corrected chi connectivity index (χ2v) is 8.20. The number of aromatic nitrogens is 1. The molecule has 104 valence electrons. The van der Waals surface area contributed by atoms with Crippen LogP contribution in [0.3, 0.4) is 0 Å². The fourth-order valence-electron chi connectivity index (χ4n) is 2.56. The van der Waals surface area contributed by atoms with E-state index in [4.69, 9.17) is 0 Å². The lowest BCUT2D eigenvalue weighted by molar-refractivity contribution is -0.118. The zero-order chi connectivity index (χ0) is 13.5. The number of thioether (sulfide) groups is 1. The Balaban J connectivity index is 1.72. The number of nitrogens with zero attached hydrogens (tertiary/aromatic N) is 2. The van der Waals surface area contributed by atoms with Crippen molar-refractivity contribution >= 4 is 34.1 Å². The number of nitrogens with one attached hydrogen (secondary N) is 1. The van der Waals surface area contributed by atoms with E-state index in [9.17, 15) is 4.79 Å². The van der Waals surface area contributed by atoms with Gasteiger partial charge in [-0.05, 0) is 32.6 Å². The third-order valence-electron chi connectivity index (χ3n) is 3.84. The molecule has 1 aromatic rings. The number of hydrogen-bond acceptors (Lipinski definition) is 5. The molecule has 3 rings (SSSR count). The molecule has 0 unspecified atom stereocenters. The van der Waals surface area contributed by atoms with E-state index in [1.807, 2.05) is 6.92 Å². The number of carbonyl (C=O) groups is 1. The van der Waals surface area contributed by atoms with Crippen LogP contribution >= 0.6 is 23.1 Å². The number of fused-ring (bicyclic) bond motifs is 1. The molecule has 4 nitrogen and oxygen atoms in total. The van der Waals surface area contributed by atoms with Gasteiger partial charge in [-0.3, -0.25) is 4.79 Å². The third kappa shape index (κ3) is 2.66. The first kappa shape index (κ1) is 13.4. The lowest BCUT2D eigenvalue weighted by Crippen LogP contribution is -2.34. The normalized spacial score (nSPS) is 27.3. The standard InChI is InChI=1S/C13H19N3OS2/c1-13(5-3-7-18-13)11(17)15-12-14-9-4-6-16(2)8-10(9)19-12/h3-8H2,1-2H3,(H,14,15,17)/t13-/m1/s1. The highest BCUT2D eigenvalue weighted by molar-refractivity contribution is 8.01. The van der Waals surface area contributed by atoms with Crippen LogP contribution in [-0.2, 0) is 17.8 Å². The van der Waals surface area contributed by atoms with Crippen molar-refractivity contribution in [3.63, 3.8) is 0 Å². The van der Waals surface area contributed by atoms with Gasteiger partial charge in [0, 0.05) is 24.4 Å². The number of amides is 1. The summed E-state index contributed by atoms with van der Waals surface area (Å²) in [5.74, 6) is 1.21. The van der Waals surface area contributed by atoms with Crippen LogP contribution in [0, 0.1) is 0 Å². The molecule has 3 heterocycles. The quantitative estimate of drug-likeness (QED) is 0.910. The summed E-state index contributed by atoms with van der Waals surface area (Å²) in [5.41, 5.74) is 1.17. The molecular weight excluding hydrogens is 278 g/mol. The van der Waals surface area contributed by atoms with Crippen LogP contribution < -0.4 is 5.32 Å². The van der Waals surface area contributed by atoms with Crippen molar-refractivity contribution in [2.75, 3.05) is 24.7 Å². The van der Waals surface area contributed by atoms with Gasteiger partial charge in [0.1, 0.15) is 0 Å². The highest BCUT2D eigenvalue weighted by Crippen LogP contribution is 2.39. The summed E-state index contributed by atoms with van der Waals surface area (Å²) in [7, 11) is 2.12. The molecule has 0 aromatic carbocycles. The summed E-state index contributed by atoms with van der Waals surface area (Å²) in [5, 5.41) is 3.80. The second-order valence-electron chi connectivity index (χ2n) is 5.51. The maximum atomic E-state index is 12.3. The zero-order valence-corrected chi connectivity index (χ0v) is 13.0. The molecule has 0 aliphatic carbocycles. The second kappa shape index (κ2) is 5.07. The van der Waals surface area contributed by atoms with Crippen molar-refractivity contribution in [3.05, 3.63) is 10.6 Å². The summed E-state index contributed by atoms with van der Waals surface area (Å²) in [6.45, 7) is 4.05. The Bertz CT molecular complexity index is 494. The number of rotatable bonds is 2. The summed E-state index contributed by atoms with van der Waals surface area (Å²) < 4.78 is -0.261. The fraction of sp³-hybridized carbons (Fsp3) is 0.692. The lowest BCUT2D eigenvalue weighted by atomic mass is 10.1. The molecule has 2 aliphatic rings. The molecule has 1 atom stereocenters. The Labute approximate surface area is 122 Å².